The zero-order chi connectivity index (χ0) is 13.5. The molecule has 0 radical (unpaired) electrons. The van der Waals surface area contributed by atoms with Gasteiger partial charge in [0.15, 0.2) is 0 Å². The largest absolute Gasteiger partial charge is 0.271 e. The first-order chi connectivity index (χ1) is 8.50. The molecule has 1 amide bonds. The van der Waals surface area contributed by atoms with Gasteiger partial charge in [0.2, 0.25) is 0 Å². The minimum absolute atomic E-state index is 0.0464. The number of amides is 1. The highest BCUT2D eigenvalue weighted by atomic mass is 16.6. The molecule has 1 rings (SSSR count). The first-order valence-corrected chi connectivity index (χ1v) is 5.57. The number of carbonyl (C=O) groups excluding carboxylic acids is 1. The van der Waals surface area contributed by atoms with Crippen LogP contribution in [0.1, 0.15) is 30.6 Å². The van der Waals surface area contributed by atoms with Crippen LogP contribution >= 0.6 is 0 Å². The molecule has 0 aliphatic carbocycles. The smallest absolute Gasteiger partial charge is 0.267 e. The number of carbonyl (C=O) groups is 1. The van der Waals surface area contributed by atoms with E-state index in [0.29, 0.717) is 11.5 Å². The summed E-state index contributed by atoms with van der Waals surface area (Å²) in [6, 6.07) is 5.36. The van der Waals surface area contributed by atoms with Crippen LogP contribution in [-0.2, 0) is 0 Å². The molecule has 0 heterocycles. The number of nitrogens with one attached hydrogen (secondary N) is 1. The normalized spacial score (nSPS) is 10.8. The quantitative estimate of drug-likeness (QED) is 0.494. The predicted molar refractivity (Wildman–Crippen MR) is 68.5 cm³/mol. The second kappa shape index (κ2) is 6.48. The molecule has 1 aromatic carbocycles. The van der Waals surface area contributed by atoms with Crippen molar-refractivity contribution < 1.29 is 9.72 Å². The van der Waals surface area contributed by atoms with E-state index in [4.69, 9.17) is 0 Å². The minimum Gasteiger partial charge on any atom is -0.267 e. The molecule has 18 heavy (non-hydrogen) atoms. The van der Waals surface area contributed by atoms with Crippen LogP contribution in [0.15, 0.2) is 29.4 Å². The summed E-state index contributed by atoms with van der Waals surface area (Å²) in [5.74, 6) is 0.0925. The molecule has 0 atom stereocenters. The van der Waals surface area contributed by atoms with Gasteiger partial charge in [-0.15, -0.1) is 0 Å². The molecule has 0 aliphatic rings. The number of nitro benzene ring substituents is 1. The van der Waals surface area contributed by atoms with Gasteiger partial charge in [0.05, 0.1) is 4.92 Å². The fourth-order valence-electron chi connectivity index (χ4n) is 1.17. The first kappa shape index (κ1) is 13.8. The average molecular weight is 249 g/mol. The lowest BCUT2D eigenvalue weighted by atomic mass is 10.2. The summed E-state index contributed by atoms with van der Waals surface area (Å²) >= 11 is 0. The van der Waals surface area contributed by atoms with Crippen molar-refractivity contribution in [2.24, 2.45) is 11.0 Å². The summed E-state index contributed by atoms with van der Waals surface area (Å²) in [5.41, 5.74) is 2.65. The summed E-state index contributed by atoms with van der Waals surface area (Å²) in [6.45, 7) is 4.09. The van der Waals surface area contributed by atoms with Gasteiger partial charge in [0.1, 0.15) is 0 Å². The third-order valence-corrected chi connectivity index (χ3v) is 2.17. The van der Waals surface area contributed by atoms with Crippen molar-refractivity contribution in [2.75, 3.05) is 0 Å². The molecule has 0 saturated carbocycles. The number of nitro groups is 1. The summed E-state index contributed by atoms with van der Waals surface area (Å²) in [5, 5.41) is 14.2. The molecular formula is C12H15N3O3. The van der Waals surface area contributed by atoms with Crippen molar-refractivity contribution in [3.63, 3.8) is 0 Å². The van der Waals surface area contributed by atoms with Crippen molar-refractivity contribution in [3.05, 3.63) is 39.9 Å². The van der Waals surface area contributed by atoms with E-state index in [1.807, 2.05) is 13.8 Å². The number of hydrogen-bond donors (Lipinski definition) is 1. The summed E-state index contributed by atoms with van der Waals surface area (Å²) < 4.78 is 0. The molecule has 1 N–H and O–H groups in total. The van der Waals surface area contributed by atoms with Crippen molar-refractivity contribution in [3.8, 4) is 0 Å². The Balaban J connectivity index is 2.57. The number of non-ortho nitro benzene ring substituents is 1. The van der Waals surface area contributed by atoms with Crippen LogP contribution in [0, 0.1) is 16.0 Å². The van der Waals surface area contributed by atoms with E-state index in [2.05, 4.69) is 10.5 Å². The Hall–Kier alpha value is -2.24. The highest BCUT2D eigenvalue weighted by molar-refractivity contribution is 5.94. The Morgan fingerprint density at radius 2 is 2.06 bits per heavy atom. The van der Waals surface area contributed by atoms with Gasteiger partial charge in [-0.1, -0.05) is 13.8 Å². The molecule has 0 aromatic heterocycles. The van der Waals surface area contributed by atoms with Crippen molar-refractivity contribution in [1.29, 1.82) is 0 Å². The maximum absolute atomic E-state index is 11.6. The van der Waals surface area contributed by atoms with Crippen LogP contribution in [-0.4, -0.2) is 17.0 Å². The molecule has 0 spiro atoms. The maximum Gasteiger partial charge on any atom is 0.271 e. The predicted octanol–water partition coefficient (Wildman–Crippen LogP) is 2.36. The number of benzene rings is 1. The fraction of sp³-hybridized carbons (Fsp3) is 0.333. The topological polar surface area (TPSA) is 84.6 Å². The molecule has 1 aromatic rings. The average Bonchev–Trinajstić information content (AvgIpc) is 2.34. The van der Waals surface area contributed by atoms with E-state index in [1.165, 1.54) is 24.3 Å². The molecule has 0 unspecified atom stereocenters. The lowest BCUT2D eigenvalue weighted by Gasteiger charge is -2.00. The molecule has 0 bridgehead atoms. The van der Waals surface area contributed by atoms with Crippen LogP contribution in [0.2, 0.25) is 0 Å². The van der Waals surface area contributed by atoms with E-state index in [9.17, 15) is 14.9 Å². The molecule has 96 valence electrons. The lowest BCUT2D eigenvalue weighted by molar-refractivity contribution is -0.384. The summed E-state index contributed by atoms with van der Waals surface area (Å²) in [6.07, 6.45) is 2.41. The molecule has 6 nitrogen and oxygen atoms in total. The minimum atomic E-state index is -0.511. The monoisotopic (exact) mass is 249 g/mol. The Morgan fingerprint density at radius 1 is 1.44 bits per heavy atom. The van der Waals surface area contributed by atoms with Gasteiger partial charge in [-0.05, 0) is 24.5 Å². The number of nitrogens with zero attached hydrogens (tertiary/aromatic N) is 2. The van der Waals surface area contributed by atoms with Gasteiger partial charge in [0.25, 0.3) is 11.6 Å². The number of hydrogen-bond acceptors (Lipinski definition) is 4. The highest BCUT2D eigenvalue weighted by Crippen LogP contribution is 2.11. The van der Waals surface area contributed by atoms with Crippen molar-refractivity contribution >= 4 is 17.8 Å². The fourth-order valence-corrected chi connectivity index (χ4v) is 1.17. The van der Waals surface area contributed by atoms with E-state index in [-0.39, 0.29) is 11.6 Å². The highest BCUT2D eigenvalue weighted by Gasteiger charge is 2.08. The standard InChI is InChI=1S/C12H15N3O3/c1-9(2)7-8-13-14-12(16)10-3-5-11(6-4-10)15(17)18/h3-6,8-9H,7H2,1-2H3,(H,14,16)/b13-8+. The zero-order valence-electron chi connectivity index (χ0n) is 10.3. The van der Waals surface area contributed by atoms with Gasteiger partial charge in [-0.2, -0.15) is 5.10 Å². The van der Waals surface area contributed by atoms with Crippen LogP contribution in [0.4, 0.5) is 5.69 Å². The van der Waals surface area contributed by atoms with E-state index >= 15 is 0 Å². The Bertz CT molecular complexity index is 452. The maximum atomic E-state index is 11.6. The number of hydrazone groups is 1. The van der Waals surface area contributed by atoms with Crippen molar-refractivity contribution in [1.82, 2.24) is 5.43 Å². The van der Waals surface area contributed by atoms with E-state index in [1.54, 1.807) is 6.21 Å². The summed E-state index contributed by atoms with van der Waals surface area (Å²) in [7, 11) is 0. The third kappa shape index (κ3) is 4.32. The first-order valence-electron chi connectivity index (χ1n) is 5.57. The number of rotatable bonds is 5. The molecule has 6 heteroatoms. The Labute approximate surface area is 105 Å². The molecule has 0 saturated heterocycles. The van der Waals surface area contributed by atoms with Crippen LogP contribution in [0.3, 0.4) is 0 Å². The van der Waals surface area contributed by atoms with Crippen LogP contribution in [0.25, 0.3) is 0 Å². The van der Waals surface area contributed by atoms with Gasteiger partial charge in [0, 0.05) is 23.9 Å². The Kier molecular flexibility index (Phi) is 4.98. The molecular weight excluding hydrogens is 234 g/mol. The lowest BCUT2D eigenvalue weighted by Crippen LogP contribution is -2.17. The third-order valence-electron chi connectivity index (χ3n) is 2.17. The summed E-state index contributed by atoms with van der Waals surface area (Å²) in [4.78, 5) is 21.5. The van der Waals surface area contributed by atoms with Crippen molar-refractivity contribution in [2.45, 2.75) is 20.3 Å². The van der Waals surface area contributed by atoms with Crippen LogP contribution < -0.4 is 5.43 Å². The van der Waals surface area contributed by atoms with E-state index < -0.39 is 4.92 Å². The van der Waals surface area contributed by atoms with E-state index in [0.717, 1.165) is 6.42 Å². The second-order valence-corrected chi connectivity index (χ2v) is 4.19. The molecule has 0 fully saturated rings. The van der Waals surface area contributed by atoms with Crippen LogP contribution in [0.5, 0.6) is 0 Å². The van der Waals surface area contributed by atoms with Gasteiger partial charge in [-0.25, -0.2) is 5.43 Å². The molecule has 0 aliphatic heterocycles. The van der Waals surface area contributed by atoms with Gasteiger partial charge >= 0.3 is 0 Å². The van der Waals surface area contributed by atoms with Gasteiger partial charge < -0.3 is 0 Å². The van der Waals surface area contributed by atoms with Gasteiger partial charge in [-0.3, -0.25) is 14.9 Å². The SMILES string of the molecule is CC(C)C/C=N/NC(=O)c1ccc([N+](=O)[O-])cc1. The zero-order valence-corrected chi connectivity index (χ0v) is 10.3. The Morgan fingerprint density at radius 3 is 2.56 bits per heavy atom. The second-order valence-electron chi connectivity index (χ2n) is 4.19.